The molecule has 2 aromatic carbocycles. The van der Waals surface area contributed by atoms with Gasteiger partial charge >= 0.3 is 0 Å². The summed E-state index contributed by atoms with van der Waals surface area (Å²) in [5, 5.41) is 11.1. The van der Waals surface area contributed by atoms with Gasteiger partial charge in [-0.2, -0.15) is 0 Å². The summed E-state index contributed by atoms with van der Waals surface area (Å²) < 4.78 is 0. The average molecular weight is 282 g/mol. The van der Waals surface area contributed by atoms with Crippen molar-refractivity contribution in [3.63, 3.8) is 0 Å². The van der Waals surface area contributed by atoms with Crippen LogP contribution in [0.3, 0.4) is 0 Å². The Morgan fingerprint density at radius 3 is 2.67 bits per heavy atom. The van der Waals surface area contributed by atoms with Gasteiger partial charge in [0.05, 0.1) is 4.92 Å². The van der Waals surface area contributed by atoms with Crippen LogP contribution < -0.4 is 5.73 Å². The topological polar surface area (TPSA) is 69.2 Å². The molecule has 0 spiro atoms. The number of hydrogen-bond acceptors (Lipinski definition) is 3. The highest BCUT2D eigenvalue weighted by Gasteiger charge is 2.34. The Balaban J connectivity index is 1.82. The van der Waals surface area contributed by atoms with Gasteiger partial charge < -0.3 is 5.73 Å². The van der Waals surface area contributed by atoms with Crippen LogP contribution in [0.2, 0.25) is 0 Å². The van der Waals surface area contributed by atoms with Crippen LogP contribution in [0.5, 0.6) is 0 Å². The van der Waals surface area contributed by atoms with Crippen LogP contribution in [-0.2, 0) is 18.4 Å². The maximum atomic E-state index is 11.1. The van der Waals surface area contributed by atoms with Crippen molar-refractivity contribution in [3.05, 3.63) is 75.3 Å². The Morgan fingerprint density at radius 2 is 1.86 bits per heavy atom. The summed E-state index contributed by atoms with van der Waals surface area (Å²) in [7, 11) is 0. The highest BCUT2D eigenvalue weighted by Crippen LogP contribution is 2.38. The van der Waals surface area contributed by atoms with Gasteiger partial charge in [-0.25, -0.2) is 0 Å². The quantitative estimate of drug-likeness (QED) is 0.690. The van der Waals surface area contributed by atoms with E-state index in [-0.39, 0.29) is 16.1 Å². The first-order valence-corrected chi connectivity index (χ1v) is 7.20. The van der Waals surface area contributed by atoms with E-state index in [9.17, 15) is 10.1 Å². The van der Waals surface area contributed by atoms with Gasteiger partial charge in [0.25, 0.3) is 5.69 Å². The molecule has 4 nitrogen and oxygen atoms in total. The first kappa shape index (κ1) is 13.8. The molecule has 2 aromatic rings. The summed E-state index contributed by atoms with van der Waals surface area (Å²) in [6.07, 6.45) is 3.26. The number of fused-ring (bicyclic) bond motifs is 1. The molecule has 0 radical (unpaired) electrons. The summed E-state index contributed by atoms with van der Waals surface area (Å²) >= 11 is 0. The molecule has 1 atom stereocenters. The van der Waals surface area contributed by atoms with Gasteiger partial charge in [0.1, 0.15) is 0 Å². The van der Waals surface area contributed by atoms with Crippen molar-refractivity contribution in [1.82, 2.24) is 0 Å². The summed E-state index contributed by atoms with van der Waals surface area (Å²) in [5.74, 6) is 0. The third-order valence-electron chi connectivity index (χ3n) is 4.42. The maximum absolute atomic E-state index is 11.1. The fraction of sp³-hybridized carbons (Fsp3) is 0.294. The lowest BCUT2D eigenvalue weighted by Gasteiger charge is -2.25. The number of nitrogens with zero attached hydrogens (tertiary/aromatic N) is 1. The Kier molecular flexibility index (Phi) is 3.47. The average Bonchev–Trinajstić information content (AvgIpc) is 2.84. The Morgan fingerprint density at radius 1 is 1.14 bits per heavy atom. The molecule has 0 aromatic heterocycles. The summed E-state index contributed by atoms with van der Waals surface area (Å²) in [5.41, 5.74) is 9.67. The third-order valence-corrected chi connectivity index (χ3v) is 4.42. The molecule has 1 aliphatic carbocycles. The van der Waals surface area contributed by atoms with Crippen molar-refractivity contribution in [1.29, 1.82) is 0 Å². The zero-order valence-corrected chi connectivity index (χ0v) is 11.8. The van der Waals surface area contributed by atoms with E-state index in [0.717, 1.165) is 24.8 Å². The van der Waals surface area contributed by atoms with Gasteiger partial charge in [0.2, 0.25) is 0 Å². The van der Waals surface area contributed by atoms with Crippen molar-refractivity contribution < 1.29 is 4.92 Å². The zero-order valence-electron chi connectivity index (χ0n) is 11.8. The van der Waals surface area contributed by atoms with E-state index in [1.54, 1.807) is 12.1 Å². The SMILES string of the molecule is NC1(CCc2ccccc2[N+](=O)[O-])CCc2ccccc21. The van der Waals surface area contributed by atoms with Gasteiger partial charge in [-0.3, -0.25) is 10.1 Å². The molecular weight excluding hydrogens is 264 g/mol. The summed E-state index contributed by atoms with van der Waals surface area (Å²) in [6, 6.07) is 15.2. The third kappa shape index (κ3) is 2.54. The molecule has 0 bridgehead atoms. The van der Waals surface area contributed by atoms with E-state index in [1.807, 2.05) is 24.3 Å². The van der Waals surface area contributed by atoms with Gasteiger partial charge in [0, 0.05) is 17.2 Å². The normalized spacial score (nSPS) is 20.2. The van der Waals surface area contributed by atoms with Crippen molar-refractivity contribution in [2.75, 3.05) is 0 Å². The molecule has 1 unspecified atom stereocenters. The molecular formula is C17H18N2O2. The smallest absolute Gasteiger partial charge is 0.272 e. The lowest BCUT2D eigenvalue weighted by atomic mass is 9.86. The number of nitro groups is 1. The molecule has 0 saturated heterocycles. The van der Waals surface area contributed by atoms with Gasteiger partial charge in [-0.15, -0.1) is 0 Å². The molecule has 21 heavy (non-hydrogen) atoms. The molecule has 108 valence electrons. The second-order valence-electron chi connectivity index (χ2n) is 5.70. The largest absolute Gasteiger partial charge is 0.321 e. The number of benzene rings is 2. The predicted molar refractivity (Wildman–Crippen MR) is 82.0 cm³/mol. The highest BCUT2D eigenvalue weighted by atomic mass is 16.6. The lowest BCUT2D eigenvalue weighted by Crippen LogP contribution is -2.34. The lowest BCUT2D eigenvalue weighted by molar-refractivity contribution is -0.385. The minimum Gasteiger partial charge on any atom is -0.321 e. The Bertz CT molecular complexity index is 684. The molecule has 0 heterocycles. The van der Waals surface area contributed by atoms with Crippen LogP contribution >= 0.6 is 0 Å². The summed E-state index contributed by atoms with van der Waals surface area (Å²) in [6.45, 7) is 0. The van der Waals surface area contributed by atoms with Crippen molar-refractivity contribution in [2.45, 2.75) is 31.2 Å². The second kappa shape index (κ2) is 5.30. The van der Waals surface area contributed by atoms with E-state index >= 15 is 0 Å². The van der Waals surface area contributed by atoms with Crippen LogP contribution in [-0.4, -0.2) is 4.92 Å². The highest BCUT2D eigenvalue weighted by molar-refractivity contribution is 5.42. The second-order valence-corrected chi connectivity index (χ2v) is 5.70. The number of rotatable bonds is 4. The van der Waals surface area contributed by atoms with Crippen LogP contribution in [0.25, 0.3) is 0 Å². The minimum absolute atomic E-state index is 0.187. The number of hydrogen-bond donors (Lipinski definition) is 1. The monoisotopic (exact) mass is 282 g/mol. The van der Waals surface area contributed by atoms with Crippen LogP contribution in [0.15, 0.2) is 48.5 Å². The number of aryl methyl sites for hydroxylation is 2. The minimum atomic E-state index is -0.361. The molecule has 0 saturated carbocycles. The first-order valence-electron chi connectivity index (χ1n) is 7.20. The molecule has 0 amide bonds. The Hall–Kier alpha value is -2.20. The fourth-order valence-corrected chi connectivity index (χ4v) is 3.23. The Labute approximate surface area is 123 Å². The fourth-order valence-electron chi connectivity index (χ4n) is 3.23. The van der Waals surface area contributed by atoms with Crippen molar-refractivity contribution in [3.8, 4) is 0 Å². The van der Waals surface area contributed by atoms with E-state index in [1.165, 1.54) is 11.1 Å². The standard InChI is InChI=1S/C17H18N2O2/c18-17(11-9-13-5-1-3-7-15(13)17)12-10-14-6-2-4-8-16(14)19(20)21/h1-8H,9-12,18H2. The number of para-hydroxylation sites is 1. The number of nitrogens with two attached hydrogens (primary N) is 1. The first-order chi connectivity index (χ1) is 10.1. The summed E-state index contributed by atoms with van der Waals surface area (Å²) in [4.78, 5) is 10.8. The van der Waals surface area contributed by atoms with Crippen molar-refractivity contribution in [2.24, 2.45) is 5.73 Å². The van der Waals surface area contributed by atoms with Crippen molar-refractivity contribution >= 4 is 5.69 Å². The van der Waals surface area contributed by atoms with Gasteiger partial charge in [0.15, 0.2) is 0 Å². The van der Waals surface area contributed by atoms with Gasteiger partial charge in [-0.1, -0.05) is 42.5 Å². The van der Waals surface area contributed by atoms with E-state index in [4.69, 9.17) is 5.73 Å². The molecule has 2 N–H and O–H groups in total. The van der Waals surface area contributed by atoms with Gasteiger partial charge in [-0.05, 0) is 36.8 Å². The number of nitro benzene ring substituents is 1. The predicted octanol–water partition coefficient (Wildman–Crippen LogP) is 3.33. The molecule has 1 aliphatic rings. The molecule has 0 aliphatic heterocycles. The van der Waals surface area contributed by atoms with Crippen LogP contribution in [0, 0.1) is 10.1 Å². The molecule has 3 rings (SSSR count). The zero-order chi connectivity index (χ0) is 14.9. The maximum Gasteiger partial charge on any atom is 0.272 e. The van der Waals surface area contributed by atoms with Crippen LogP contribution in [0.4, 0.5) is 5.69 Å². The van der Waals surface area contributed by atoms with E-state index in [0.29, 0.717) is 6.42 Å². The van der Waals surface area contributed by atoms with Crippen LogP contribution in [0.1, 0.15) is 29.5 Å². The molecule has 0 fully saturated rings. The van der Waals surface area contributed by atoms with E-state index in [2.05, 4.69) is 12.1 Å². The molecule has 4 heteroatoms. The van der Waals surface area contributed by atoms with E-state index < -0.39 is 0 Å².